The van der Waals surface area contributed by atoms with Crippen LogP contribution in [0, 0.1) is 0 Å². The third kappa shape index (κ3) is 3.70. The lowest BCUT2D eigenvalue weighted by Gasteiger charge is -2.31. The number of hydrogen-bond acceptors (Lipinski definition) is 3. The highest BCUT2D eigenvalue weighted by atomic mass is 16.4. The Labute approximate surface area is 114 Å². The Balaban J connectivity index is 2.21. The summed E-state index contributed by atoms with van der Waals surface area (Å²) in [6.45, 7) is 3.25. The summed E-state index contributed by atoms with van der Waals surface area (Å²) < 4.78 is 0. The van der Waals surface area contributed by atoms with Gasteiger partial charge in [-0.1, -0.05) is 42.4 Å². The van der Waals surface area contributed by atoms with E-state index in [0.717, 1.165) is 13.0 Å². The summed E-state index contributed by atoms with van der Waals surface area (Å²) >= 11 is 0. The van der Waals surface area contributed by atoms with Gasteiger partial charge in [0.1, 0.15) is 5.84 Å². The molecule has 0 bridgehead atoms. The van der Waals surface area contributed by atoms with Crippen molar-refractivity contribution >= 4 is 5.84 Å². The summed E-state index contributed by atoms with van der Waals surface area (Å²) in [5.41, 5.74) is 6.98. The van der Waals surface area contributed by atoms with Crippen LogP contribution in [0.5, 0.6) is 0 Å². The van der Waals surface area contributed by atoms with Gasteiger partial charge in [-0.05, 0) is 31.4 Å². The molecule has 3 N–H and O–H groups in total. The van der Waals surface area contributed by atoms with Crippen molar-refractivity contribution in [2.75, 3.05) is 6.54 Å². The summed E-state index contributed by atoms with van der Waals surface area (Å²) in [5, 5.41) is 12.0. The molecule has 19 heavy (non-hydrogen) atoms. The van der Waals surface area contributed by atoms with Crippen LogP contribution in [0.1, 0.15) is 44.2 Å². The van der Waals surface area contributed by atoms with Crippen LogP contribution in [0.2, 0.25) is 0 Å². The third-order valence-electron chi connectivity index (χ3n) is 3.61. The van der Waals surface area contributed by atoms with Crippen LogP contribution in [0.15, 0.2) is 35.5 Å². The van der Waals surface area contributed by atoms with E-state index in [0.29, 0.717) is 18.3 Å². The lowest BCUT2D eigenvalue weighted by Crippen LogP contribution is -2.34. The molecule has 1 unspecified atom stereocenters. The monoisotopic (exact) mass is 261 g/mol. The molecule has 0 aromatic heterocycles. The van der Waals surface area contributed by atoms with Crippen molar-refractivity contribution in [3.8, 4) is 0 Å². The van der Waals surface area contributed by atoms with Crippen molar-refractivity contribution in [3.63, 3.8) is 0 Å². The van der Waals surface area contributed by atoms with Gasteiger partial charge in [0.15, 0.2) is 0 Å². The van der Waals surface area contributed by atoms with Gasteiger partial charge < -0.3 is 10.9 Å². The normalized spacial score (nSPS) is 17.7. The second-order valence-corrected chi connectivity index (χ2v) is 5.19. The number of oxime groups is 1. The predicted molar refractivity (Wildman–Crippen MR) is 77.2 cm³/mol. The van der Waals surface area contributed by atoms with E-state index in [1.165, 1.54) is 18.4 Å². The predicted octanol–water partition coefficient (Wildman–Crippen LogP) is 2.74. The highest BCUT2D eigenvalue weighted by Gasteiger charge is 2.34. The quantitative estimate of drug-likeness (QED) is 0.343. The van der Waals surface area contributed by atoms with Crippen LogP contribution < -0.4 is 5.73 Å². The molecule has 0 heterocycles. The summed E-state index contributed by atoms with van der Waals surface area (Å²) in [7, 11) is 0. The van der Waals surface area contributed by atoms with E-state index in [-0.39, 0.29) is 6.04 Å². The maximum atomic E-state index is 8.84. The summed E-state index contributed by atoms with van der Waals surface area (Å²) in [5.74, 6) is 0.301. The molecule has 1 aliphatic carbocycles. The van der Waals surface area contributed by atoms with Crippen molar-refractivity contribution in [3.05, 3.63) is 35.9 Å². The molecule has 0 aliphatic heterocycles. The van der Waals surface area contributed by atoms with Crippen LogP contribution in [0.4, 0.5) is 0 Å². The first-order valence-electron chi connectivity index (χ1n) is 7.03. The Morgan fingerprint density at radius 2 is 2.11 bits per heavy atom. The molecule has 1 atom stereocenters. The summed E-state index contributed by atoms with van der Waals surface area (Å²) in [6, 6.07) is 11.2. The van der Waals surface area contributed by atoms with Crippen molar-refractivity contribution in [2.45, 2.75) is 44.7 Å². The molecular weight excluding hydrogens is 238 g/mol. The zero-order chi connectivity index (χ0) is 13.7. The standard InChI is InChI=1S/C15H23N3O/c1-2-10-18(13-8-9-13)14(11-15(16)17-19)12-6-4-3-5-7-12/h3-7,13-14,19H,2,8-11H2,1H3,(H2,16,17). The highest BCUT2D eigenvalue weighted by Crippen LogP contribution is 2.36. The Bertz CT molecular complexity index is 415. The van der Waals surface area contributed by atoms with E-state index in [1.807, 2.05) is 18.2 Å². The first-order valence-corrected chi connectivity index (χ1v) is 7.03. The lowest BCUT2D eigenvalue weighted by atomic mass is 10.0. The van der Waals surface area contributed by atoms with E-state index >= 15 is 0 Å². The van der Waals surface area contributed by atoms with Gasteiger partial charge in [-0.15, -0.1) is 0 Å². The van der Waals surface area contributed by atoms with Crippen molar-refractivity contribution in [1.82, 2.24) is 4.90 Å². The van der Waals surface area contributed by atoms with E-state index in [2.05, 4.69) is 29.1 Å². The van der Waals surface area contributed by atoms with Crippen molar-refractivity contribution < 1.29 is 5.21 Å². The SMILES string of the molecule is CCCN(C1CC1)C(CC(N)=NO)c1ccccc1. The van der Waals surface area contributed by atoms with Gasteiger partial charge in [-0.2, -0.15) is 0 Å². The number of benzene rings is 1. The molecule has 1 aromatic carbocycles. The second kappa shape index (κ2) is 6.57. The first kappa shape index (κ1) is 13.9. The molecule has 4 nitrogen and oxygen atoms in total. The Morgan fingerprint density at radius 1 is 1.42 bits per heavy atom. The molecule has 1 aliphatic rings. The van der Waals surface area contributed by atoms with Crippen LogP contribution in [0.3, 0.4) is 0 Å². The fourth-order valence-electron chi connectivity index (χ4n) is 2.60. The molecule has 1 saturated carbocycles. The molecule has 2 rings (SSSR count). The Morgan fingerprint density at radius 3 is 2.63 bits per heavy atom. The molecule has 0 radical (unpaired) electrons. The van der Waals surface area contributed by atoms with Gasteiger partial charge in [0, 0.05) is 18.5 Å². The fraction of sp³-hybridized carbons (Fsp3) is 0.533. The average molecular weight is 261 g/mol. The average Bonchev–Trinajstić information content (AvgIpc) is 3.28. The second-order valence-electron chi connectivity index (χ2n) is 5.19. The fourth-order valence-corrected chi connectivity index (χ4v) is 2.60. The first-order chi connectivity index (χ1) is 9.26. The maximum absolute atomic E-state index is 8.84. The van der Waals surface area contributed by atoms with Gasteiger partial charge in [0.25, 0.3) is 0 Å². The third-order valence-corrected chi connectivity index (χ3v) is 3.61. The van der Waals surface area contributed by atoms with Gasteiger partial charge >= 0.3 is 0 Å². The minimum Gasteiger partial charge on any atom is -0.409 e. The van der Waals surface area contributed by atoms with E-state index in [1.54, 1.807) is 0 Å². The molecule has 0 saturated heterocycles. The van der Waals surface area contributed by atoms with E-state index in [4.69, 9.17) is 10.9 Å². The zero-order valence-corrected chi connectivity index (χ0v) is 11.5. The Kier molecular flexibility index (Phi) is 4.80. The number of hydrogen-bond donors (Lipinski definition) is 2. The lowest BCUT2D eigenvalue weighted by molar-refractivity contribution is 0.189. The molecule has 0 amide bonds. The van der Waals surface area contributed by atoms with Gasteiger partial charge in [-0.3, -0.25) is 4.90 Å². The number of rotatable bonds is 7. The van der Waals surface area contributed by atoms with Crippen molar-refractivity contribution in [2.24, 2.45) is 10.9 Å². The zero-order valence-electron chi connectivity index (χ0n) is 11.5. The van der Waals surface area contributed by atoms with E-state index < -0.39 is 0 Å². The topological polar surface area (TPSA) is 61.8 Å². The van der Waals surface area contributed by atoms with E-state index in [9.17, 15) is 0 Å². The number of nitrogens with two attached hydrogens (primary N) is 1. The minimum absolute atomic E-state index is 0.213. The smallest absolute Gasteiger partial charge is 0.141 e. The Hall–Kier alpha value is -1.55. The van der Waals surface area contributed by atoms with Crippen molar-refractivity contribution in [1.29, 1.82) is 0 Å². The molecule has 1 aromatic rings. The minimum atomic E-state index is 0.213. The molecule has 104 valence electrons. The van der Waals surface area contributed by atoms with Crippen LogP contribution in [-0.2, 0) is 0 Å². The number of nitrogens with zero attached hydrogens (tertiary/aromatic N) is 2. The van der Waals surface area contributed by atoms with Gasteiger partial charge in [0.2, 0.25) is 0 Å². The summed E-state index contributed by atoms with van der Waals surface area (Å²) in [6.07, 6.45) is 4.23. The van der Waals surface area contributed by atoms with Gasteiger partial charge in [-0.25, -0.2) is 0 Å². The molecule has 4 heteroatoms. The largest absolute Gasteiger partial charge is 0.409 e. The molecular formula is C15H23N3O. The van der Waals surface area contributed by atoms with Crippen LogP contribution in [0.25, 0.3) is 0 Å². The van der Waals surface area contributed by atoms with Crippen LogP contribution >= 0.6 is 0 Å². The maximum Gasteiger partial charge on any atom is 0.141 e. The van der Waals surface area contributed by atoms with Gasteiger partial charge in [0.05, 0.1) is 0 Å². The molecule has 1 fully saturated rings. The number of amidine groups is 1. The highest BCUT2D eigenvalue weighted by molar-refractivity contribution is 5.80. The molecule has 0 spiro atoms. The van der Waals surface area contributed by atoms with Crippen LogP contribution in [-0.4, -0.2) is 28.5 Å². The summed E-state index contributed by atoms with van der Waals surface area (Å²) in [4.78, 5) is 2.51.